The maximum Gasteiger partial charge on any atom is 0.285 e. The van der Waals surface area contributed by atoms with Crippen LogP contribution in [-0.4, -0.2) is 11.0 Å². The van der Waals surface area contributed by atoms with Crippen LogP contribution in [0.2, 0.25) is 5.02 Å². The Hall–Kier alpha value is -2.56. The van der Waals surface area contributed by atoms with Crippen LogP contribution in [0.5, 0.6) is 0 Å². The molecule has 134 valence electrons. The van der Waals surface area contributed by atoms with Gasteiger partial charge in [-0.05, 0) is 43.7 Å². The van der Waals surface area contributed by atoms with Gasteiger partial charge in [0.05, 0.1) is 4.91 Å². The third-order valence-electron chi connectivity index (χ3n) is 4.28. The topological polar surface area (TPSA) is 42.6 Å². The molecule has 1 aliphatic rings. The molecule has 2 aromatic carbocycles. The van der Waals surface area contributed by atoms with Crippen molar-refractivity contribution in [2.24, 2.45) is 4.99 Å². The van der Waals surface area contributed by atoms with Crippen LogP contribution in [0.4, 0.5) is 0 Å². The van der Waals surface area contributed by atoms with Gasteiger partial charge in [-0.15, -0.1) is 0 Å². The lowest BCUT2D eigenvalue weighted by molar-refractivity contribution is -0.113. The lowest BCUT2D eigenvalue weighted by atomic mass is 10.1. The molecular weight excluding hydrogens is 378 g/mol. The van der Waals surface area contributed by atoms with Crippen molar-refractivity contribution in [2.75, 3.05) is 0 Å². The van der Waals surface area contributed by atoms with E-state index in [1.165, 1.54) is 17.3 Å². The first-order chi connectivity index (χ1) is 13.0. The molecule has 2 heterocycles. The van der Waals surface area contributed by atoms with Gasteiger partial charge < -0.3 is 4.42 Å². The average molecular weight is 394 g/mol. The van der Waals surface area contributed by atoms with E-state index in [-0.39, 0.29) is 5.91 Å². The van der Waals surface area contributed by atoms with Gasteiger partial charge in [0.15, 0.2) is 0 Å². The number of halogens is 1. The maximum atomic E-state index is 12.3. The number of aryl methyl sites for hydroxylation is 2. The standard InChI is InChI=1S/C22H16ClNO2S/c1-13-3-6-15(7-4-13)22-24-21(25)20(27-22)12-17-9-10-19(26-17)18-11-16(23)8-5-14(18)2/h3-12H,1-2H3/b20-12-. The van der Waals surface area contributed by atoms with Crippen molar-refractivity contribution < 1.29 is 9.21 Å². The van der Waals surface area contributed by atoms with Crippen molar-refractivity contribution in [1.29, 1.82) is 0 Å². The third-order valence-corrected chi connectivity index (χ3v) is 5.55. The van der Waals surface area contributed by atoms with E-state index in [4.69, 9.17) is 16.0 Å². The molecular formula is C22H16ClNO2S. The van der Waals surface area contributed by atoms with Gasteiger partial charge in [-0.25, -0.2) is 4.99 Å². The molecule has 5 heteroatoms. The maximum absolute atomic E-state index is 12.3. The highest BCUT2D eigenvalue weighted by Crippen LogP contribution is 2.34. The molecule has 0 fully saturated rings. The van der Waals surface area contributed by atoms with Crippen molar-refractivity contribution in [3.05, 3.63) is 87.0 Å². The van der Waals surface area contributed by atoms with Crippen LogP contribution in [0, 0.1) is 13.8 Å². The third kappa shape index (κ3) is 3.77. The van der Waals surface area contributed by atoms with E-state index in [1.54, 1.807) is 6.08 Å². The first kappa shape index (κ1) is 17.8. The number of carbonyl (C=O) groups is 1. The van der Waals surface area contributed by atoms with E-state index in [0.717, 1.165) is 22.5 Å². The van der Waals surface area contributed by atoms with Crippen molar-refractivity contribution >= 4 is 40.4 Å². The Morgan fingerprint density at radius 1 is 1.04 bits per heavy atom. The molecule has 3 nitrogen and oxygen atoms in total. The minimum Gasteiger partial charge on any atom is -0.457 e. The number of hydrogen-bond acceptors (Lipinski definition) is 3. The molecule has 0 spiro atoms. The summed E-state index contributed by atoms with van der Waals surface area (Å²) < 4.78 is 5.92. The highest BCUT2D eigenvalue weighted by Gasteiger charge is 2.23. The number of nitrogens with zero attached hydrogens (tertiary/aromatic N) is 1. The molecule has 4 rings (SSSR count). The summed E-state index contributed by atoms with van der Waals surface area (Å²) in [6, 6.07) is 17.4. The largest absolute Gasteiger partial charge is 0.457 e. The van der Waals surface area contributed by atoms with E-state index in [2.05, 4.69) is 4.99 Å². The lowest BCUT2D eigenvalue weighted by Crippen LogP contribution is -1.90. The fourth-order valence-corrected chi connectivity index (χ4v) is 3.86. The number of furan rings is 1. The highest BCUT2D eigenvalue weighted by molar-refractivity contribution is 8.19. The summed E-state index contributed by atoms with van der Waals surface area (Å²) in [5, 5.41) is 1.37. The van der Waals surface area contributed by atoms with Crippen LogP contribution in [-0.2, 0) is 4.79 Å². The molecule has 0 aliphatic carbocycles. The molecule has 0 saturated heterocycles. The zero-order valence-electron chi connectivity index (χ0n) is 14.8. The molecule has 0 unspecified atom stereocenters. The summed E-state index contributed by atoms with van der Waals surface area (Å²) in [5.74, 6) is 1.09. The molecule has 1 aromatic heterocycles. The molecule has 0 bridgehead atoms. The summed E-state index contributed by atoms with van der Waals surface area (Å²) in [4.78, 5) is 17.0. The van der Waals surface area contributed by atoms with Crippen LogP contribution < -0.4 is 0 Å². The number of amides is 1. The zero-order chi connectivity index (χ0) is 19.0. The van der Waals surface area contributed by atoms with Gasteiger partial charge in [-0.3, -0.25) is 4.79 Å². The number of rotatable bonds is 3. The summed E-state index contributed by atoms with van der Waals surface area (Å²) >= 11 is 7.46. The van der Waals surface area contributed by atoms with Gasteiger partial charge in [0, 0.05) is 22.2 Å². The van der Waals surface area contributed by atoms with Crippen LogP contribution in [0.15, 0.2) is 68.9 Å². The smallest absolute Gasteiger partial charge is 0.285 e. The minimum absolute atomic E-state index is 0.243. The van der Waals surface area contributed by atoms with Gasteiger partial charge in [-0.1, -0.05) is 59.3 Å². The van der Waals surface area contributed by atoms with Crippen LogP contribution in [0.25, 0.3) is 17.4 Å². The van der Waals surface area contributed by atoms with Crippen molar-refractivity contribution in [3.63, 3.8) is 0 Å². The van der Waals surface area contributed by atoms with Crippen molar-refractivity contribution in [2.45, 2.75) is 13.8 Å². The van der Waals surface area contributed by atoms with Gasteiger partial charge in [0.2, 0.25) is 0 Å². The monoisotopic (exact) mass is 393 g/mol. The second-order valence-corrected chi connectivity index (χ2v) is 7.83. The number of aliphatic imine (C=N–C) groups is 1. The van der Waals surface area contributed by atoms with Crippen LogP contribution in [0.3, 0.4) is 0 Å². The summed E-state index contributed by atoms with van der Waals surface area (Å²) in [6.07, 6.45) is 1.74. The second kappa shape index (κ2) is 7.22. The Balaban J connectivity index is 1.58. The lowest BCUT2D eigenvalue weighted by Gasteiger charge is -2.02. The highest BCUT2D eigenvalue weighted by atomic mass is 35.5. The molecule has 0 radical (unpaired) electrons. The van der Waals surface area contributed by atoms with E-state index in [0.29, 0.717) is 20.7 Å². The Labute approximate surface area is 166 Å². The Morgan fingerprint density at radius 2 is 1.81 bits per heavy atom. The summed E-state index contributed by atoms with van der Waals surface area (Å²) in [5.41, 5.74) is 4.12. The quantitative estimate of drug-likeness (QED) is 0.492. The van der Waals surface area contributed by atoms with Crippen LogP contribution >= 0.6 is 23.4 Å². The molecule has 0 N–H and O–H groups in total. The normalized spacial score (nSPS) is 15.4. The van der Waals surface area contributed by atoms with Crippen LogP contribution in [0.1, 0.15) is 22.5 Å². The van der Waals surface area contributed by atoms with Gasteiger partial charge >= 0.3 is 0 Å². The van der Waals surface area contributed by atoms with Gasteiger partial charge in [0.25, 0.3) is 5.91 Å². The predicted octanol–water partition coefficient (Wildman–Crippen LogP) is 6.28. The van der Waals surface area contributed by atoms with E-state index >= 15 is 0 Å². The number of hydrogen-bond donors (Lipinski definition) is 0. The molecule has 0 saturated carbocycles. The first-order valence-electron chi connectivity index (χ1n) is 8.45. The fourth-order valence-electron chi connectivity index (χ4n) is 2.79. The molecule has 27 heavy (non-hydrogen) atoms. The van der Waals surface area contributed by atoms with Gasteiger partial charge in [0.1, 0.15) is 16.6 Å². The van der Waals surface area contributed by atoms with Crippen molar-refractivity contribution in [1.82, 2.24) is 0 Å². The molecule has 0 atom stereocenters. The van der Waals surface area contributed by atoms with Crippen molar-refractivity contribution in [3.8, 4) is 11.3 Å². The molecule has 1 amide bonds. The van der Waals surface area contributed by atoms with E-state index in [1.807, 2.05) is 68.4 Å². The molecule has 1 aliphatic heterocycles. The fraction of sp³-hybridized carbons (Fsp3) is 0.0909. The Bertz CT molecular complexity index is 1090. The first-order valence-corrected chi connectivity index (χ1v) is 9.65. The summed E-state index contributed by atoms with van der Waals surface area (Å²) in [7, 11) is 0. The Kier molecular flexibility index (Phi) is 4.77. The summed E-state index contributed by atoms with van der Waals surface area (Å²) in [6.45, 7) is 4.03. The SMILES string of the molecule is Cc1ccc(C2=NC(=O)/C(=C/c3ccc(-c4cc(Cl)ccc4C)o3)S2)cc1. The number of benzene rings is 2. The number of carbonyl (C=O) groups excluding carboxylic acids is 1. The second-order valence-electron chi connectivity index (χ2n) is 6.36. The zero-order valence-corrected chi connectivity index (χ0v) is 16.4. The average Bonchev–Trinajstić information content (AvgIpc) is 3.25. The Morgan fingerprint density at radius 3 is 2.59 bits per heavy atom. The van der Waals surface area contributed by atoms with E-state index in [9.17, 15) is 4.79 Å². The predicted molar refractivity (Wildman–Crippen MR) is 112 cm³/mol. The number of thioether (sulfide) groups is 1. The molecule has 3 aromatic rings. The van der Waals surface area contributed by atoms with E-state index < -0.39 is 0 Å². The van der Waals surface area contributed by atoms with Gasteiger partial charge in [-0.2, -0.15) is 0 Å². The minimum atomic E-state index is -0.243.